The van der Waals surface area contributed by atoms with E-state index in [1.807, 2.05) is 79.1 Å². The van der Waals surface area contributed by atoms with Crippen LogP contribution in [-0.2, 0) is 26.5 Å². The Hall–Kier alpha value is -4.37. The summed E-state index contributed by atoms with van der Waals surface area (Å²) in [5.74, 6) is 0. The fourth-order valence-corrected chi connectivity index (χ4v) is 4.86. The molecule has 3 aromatic heterocycles. The van der Waals surface area contributed by atoms with Crippen molar-refractivity contribution in [2.45, 2.75) is 20.3 Å². The average molecular weight is 709 g/mol. The zero-order valence-electron chi connectivity index (χ0n) is 22.9. The molecule has 0 unspecified atom stereocenters. The Morgan fingerprint density at radius 3 is 2.27 bits per heavy atom. The number of hydrogen-bond donors (Lipinski definition) is 0. The maximum absolute atomic E-state index is 5.90. The maximum atomic E-state index is 5.90. The number of rotatable bonds is 4. The first-order valence-electron chi connectivity index (χ1n) is 13.5. The zero-order valence-corrected chi connectivity index (χ0v) is 25.3. The smallest absolute Gasteiger partial charge is 0.123 e. The minimum atomic E-state index is 0. The predicted molar refractivity (Wildman–Crippen MR) is 164 cm³/mol. The summed E-state index contributed by atoms with van der Waals surface area (Å²) < 4.78 is 5.90. The number of furan rings is 1. The molecule has 0 aliphatic carbocycles. The van der Waals surface area contributed by atoms with E-state index in [4.69, 9.17) is 4.42 Å². The van der Waals surface area contributed by atoms with Crippen molar-refractivity contribution >= 4 is 21.9 Å². The van der Waals surface area contributed by atoms with Gasteiger partial charge in [-0.05, 0) is 53.4 Å². The van der Waals surface area contributed by atoms with E-state index in [9.17, 15) is 0 Å². The van der Waals surface area contributed by atoms with E-state index in [1.165, 1.54) is 22.3 Å². The monoisotopic (exact) mass is 709 g/mol. The topological polar surface area (TPSA) is 38.9 Å². The number of aromatic nitrogens is 2. The number of nitrogens with zero attached hydrogens (tertiary/aromatic N) is 2. The van der Waals surface area contributed by atoms with Crippen LogP contribution < -0.4 is 0 Å². The summed E-state index contributed by atoms with van der Waals surface area (Å²) in [6.07, 6.45) is 4.79. The quantitative estimate of drug-likeness (QED) is 0.171. The van der Waals surface area contributed by atoms with Crippen molar-refractivity contribution in [1.29, 1.82) is 0 Å². The number of pyridine rings is 2. The van der Waals surface area contributed by atoms with Crippen molar-refractivity contribution in [2.24, 2.45) is 0 Å². The minimum absolute atomic E-state index is 0. The van der Waals surface area contributed by atoms with Gasteiger partial charge in [0.1, 0.15) is 5.58 Å². The first kappa shape index (κ1) is 28.2. The molecule has 0 saturated carbocycles. The van der Waals surface area contributed by atoms with Crippen molar-refractivity contribution in [3.8, 4) is 33.6 Å². The molecule has 7 aromatic rings. The summed E-state index contributed by atoms with van der Waals surface area (Å²) in [5, 5.41) is 2.22. The fourth-order valence-electron chi connectivity index (χ4n) is 4.86. The van der Waals surface area contributed by atoms with Gasteiger partial charge in [-0.1, -0.05) is 84.6 Å². The molecule has 0 amide bonds. The number of benzene rings is 4. The largest absolute Gasteiger partial charge is 0.476 e. The van der Waals surface area contributed by atoms with Crippen LogP contribution in [0.25, 0.3) is 55.6 Å². The second kappa shape index (κ2) is 12.9. The van der Waals surface area contributed by atoms with Crippen LogP contribution in [0, 0.1) is 19.1 Å². The number of para-hydroxylation sites is 1. The summed E-state index contributed by atoms with van der Waals surface area (Å²) >= 11 is 0. The molecule has 0 bridgehead atoms. The van der Waals surface area contributed by atoms with E-state index in [-0.39, 0.29) is 20.1 Å². The van der Waals surface area contributed by atoms with E-state index in [1.54, 1.807) is 0 Å². The van der Waals surface area contributed by atoms with E-state index >= 15 is 0 Å². The van der Waals surface area contributed by atoms with Crippen molar-refractivity contribution in [3.05, 3.63) is 145 Å². The summed E-state index contributed by atoms with van der Waals surface area (Å²) in [6, 6.07) is 43.2. The molecule has 0 aliphatic rings. The SMILES string of the molecule is CCc1cc(-c2[c-]cccc2)ncc1-c1ccccc1.Cc1ccnc(-c2[c-]cc3c(c2)oc2ccccc23)c1.[Ir]. The van der Waals surface area contributed by atoms with Gasteiger partial charge in [-0.15, -0.1) is 53.6 Å². The van der Waals surface area contributed by atoms with Crippen molar-refractivity contribution in [3.63, 3.8) is 0 Å². The van der Waals surface area contributed by atoms with E-state index in [2.05, 4.69) is 78.4 Å². The molecule has 0 spiro atoms. The maximum Gasteiger partial charge on any atom is 0.123 e. The summed E-state index contributed by atoms with van der Waals surface area (Å²) in [5.41, 5.74) is 10.6. The molecule has 3 nitrogen and oxygen atoms in total. The molecule has 7 rings (SSSR count). The van der Waals surface area contributed by atoms with E-state index in [0.29, 0.717) is 0 Å². The van der Waals surface area contributed by atoms with Gasteiger partial charge < -0.3 is 14.4 Å². The standard InChI is InChI=1S/C19H16N.C18H12NO.Ir/c1-2-15-13-19(17-11-7-4-8-12-17)20-14-18(15)16-9-5-3-6-10-16;1-12-8-9-19-16(10-12)13-6-7-15-14-4-2-3-5-17(14)20-18(15)11-13;/h3-11,13-14H,2H2,1H3;2-5,7-11H,1H3;/q2*-1;. The summed E-state index contributed by atoms with van der Waals surface area (Å²) in [6.45, 7) is 4.24. The van der Waals surface area contributed by atoms with Crippen LogP contribution in [0.3, 0.4) is 0 Å². The van der Waals surface area contributed by atoms with Crippen molar-refractivity contribution in [2.75, 3.05) is 0 Å². The molecule has 0 atom stereocenters. The van der Waals surface area contributed by atoms with Crippen LogP contribution in [0.15, 0.2) is 126 Å². The number of aryl methyl sites for hydroxylation is 2. The molecule has 0 fully saturated rings. The van der Waals surface area contributed by atoms with Gasteiger partial charge in [0.2, 0.25) is 0 Å². The molecule has 0 saturated heterocycles. The van der Waals surface area contributed by atoms with Crippen LogP contribution in [0.2, 0.25) is 0 Å². The zero-order chi connectivity index (χ0) is 27.3. The van der Waals surface area contributed by atoms with Gasteiger partial charge in [-0.3, -0.25) is 0 Å². The van der Waals surface area contributed by atoms with E-state index < -0.39 is 0 Å². The molecule has 41 heavy (non-hydrogen) atoms. The first-order valence-corrected chi connectivity index (χ1v) is 13.5. The molecule has 1 radical (unpaired) electrons. The van der Waals surface area contributed by atoms with Crippen molar-refractivity contribution < 1.29 is 24.5 Å². The van der Waals surface area contributed by atoms with Gasteiger partial charge >= 0.3 is 0 Å². The van der Waals surface area contributed by atoms with Gasteiger partial charge in [0.15, 0.2) is 0 Å². The molecule has 0 N–H and O–H groups in total. The van der Waals surface area contributed by atoms with Gasteiger partial charge in [0.25, 0.3) is 0 Å². The van der Waals surface area contributed by atoms with Crippen LogP contribution in [-0.4, -0.2) is 9.97 Å². The third kappa shape index (κ3) is 6.20. The van der Waals surface area contributed by atoms with Crippen LogP contribution in [0.5, 0.6) is 0 Å². The fraction of sp³-hybridized carbons (Fsp3) is 0.0811. The van der Waals surface area contributed by atoms with Crippen LogP contribution >= 0.6 is 0 Å². The summed E-state index contributed by atoms with van der Waals surface area (Å²) in [7, 11) is 0. The average Bonchev–Trinajstić information content (AvgIpc) is 3.40. The molecule has 203 valence electrons. The number of fused-ring (bicyclic) bond motifs is 3. The van der Waals surface area contributed by atoms with Gasteiger partial charge in [0.05, 0.1) is 5.58 Å². The molecular formula is C37H28IrN2O-2. The van der Waals surface area contributed by atoms with Crippen molar-refractivity contribution in [1.82, 2.24) is 9.97 Å². The van der Waals surface area contributed by atoms with E-state index in [0.717, 1.165) is 50.9 Å². The predicted octanol–water partition coefficient (Wildman–Crippen LogP) is 9.53. The Labute approximate surface area is 254 Å². The molecule has 3 heterocycles. The normalized spacial score (nSPS) is 10.6. The Bertz CT molecular complexity index is 1900. The van der Waals surface area contributed by atoms with Gasteiger partial charge in [0, 0.05) is 38.1 Å². The molecule has 0 aliphatic heterocycles. The molecule has 4 aromatic carbocycles. The Kier molecular flexibility index (Phi) is 8.84. The second-order valence-electron chi connectivity index (χ2n) is 9.66. The third-order valence-corrected chi connectivity index (χ3v) is 6.94. The first-order chi connectivity index (χ1) is 19.7. The summed E-state index contributed by atoms with van der Waals surface area (Å²) in [4.78, 5) is 9.00. The third-order valence-electron chi connectivity index (χ3n) is 6.94. The molecular weight excluding hydrogens is 681 g/mol. The van der Waals surface area contributed by atoms with Crippen LogP contribution in [0.4, 0.5) is 0 Å². The number of hydrogen-bond acceptors (Lipinski definition) is 3. The Morgan fingerprint density at radius 1 is 0.707 bits per heavy atom. The van der Waals surface area contributed by atoms with Crippen LogP contribution in [0.1, 0.15) is 18.1 Å². The Morgan fingerprint density at radius 2 is 1.49 bits per heavy atom. The minimum Gasteiger partial charge on any atom is -0.476 e. The second-order valence-corrected chi connectivity index (χ2v) is 9.66. The molecule has 4 heteroatoms. The Balaban J connectivity index is 0.000000161. The van der Waals surface area contributed by atoms with Gasteiger partial charge in [-0.25, -0.2) is 0 Å². The van der Waals surface area contributed by atoms with Gasteiger partial charge in [-0.2, -0.15) is 0 Å².